The SMILES string of the molecule is C=CCN1C(C)(C)CC(OC(=O)CCCCC(=O)OC2CC(C)(C)N(CCC)C(C)(C)C2)CC1(C)C. The van der Waals surface area contributed by atoms with E-state index < -0.39 is 0 Å². The molecule has 2 aliphatic heterocycles. The van der Waals surface area contributed by atoms with Gasteiger partial charge in [0.25, 0.3) is 0 Å². The lowest BCUT2D eigenvalue weighted by Crippen LogP contribution is -2.62. The summed E-state index contributed by atoms with van der Waals surface area (Å²) in [6, 6.07) is 0. The van der Waals surface area contributed by atoms with Crippen LogP contribution in [0, 0.1) is 0 Å². The van der Waals surface area contributed by atoms with Gasteiger partial charge in [0.1, 0.15) is 12.2 Å². The van der Waals surface area contributed by atoms with Gasteiger partial charge in [-0.3, -0.25) is 19.4 Å². The van der Waals surface area contributed by atoms with Crippen LogP contribution in [0.4, 0.5) is 0 Å². The standard InChI is InChI=1S/C30H54N2O4/c1-11-17-31-27(3,4)19-23(20-28(31,5)6)35-25(33)15-13-14-16-26(34)36-24-21-29(7,8)32(18-12-2)30(9,10)22-24/h11,23-24H,1,12-22H2,2-10H3. The maximum absolute atomic E-state index is 12.6. The summed E-state index contributed by atoms with van der Waals surface area (Å²) < 4.78 is 11.8. The Balaban J connectivity index is 1.75. The largest absolute Gasteiger partial charge is 0.462 e. The van der Waals surface area contributed by atoms with E-state index in [1.807, 2.05) is 6.08 Å². The lowest BCUT2D eigenvalue weighted by atomic mass is 9.78. The van der Waals surface area contributed by atoms with Gasteiger partial charge >= 0.3 is 11.9 Å². The summed E-state index contributed by atoms with van der Waals surface area (Å²) >= 11 is 0. The van der Waals surface area contributed by atoms with Crippen molar-refractivity contribution in [3.05, 3.63) is 12.7 Å². The van der Waals surface area contributed by atoms with Gasteiger partial charge in [0.2, 0.25) is 0 Å². The van der Waals surface area contributed by atoms with Crippen molar-refractivity contribution in [1.29, 1.82) is 0 Å². The smallest absolute Gasteiger partial charge is 0.306 e. The number of hydrogen-bond donors (Lipinski definition) is 0. The van der Waals surface area contributed by atoms with Gasteiger partial charge in [-0.2, -0.15) is 0 Å². The molecule has 6 heteroatoms. The fraction of sp³-hybridized carbons (Fsp3) is 0.867. The number of ether oxygens (including phenoxy) is 2. The summed E-state index contributed by atoms with van der Waals surface area (Å²) in [4.78, 5) is 30.1. The van der Waals surface area contributed by atoms with E-state index in [4.69, 9.17) is 9.47 Å². The van der Waals surface area contributed by atoms with Crippen LogP contribution in [0.15, 0.2) is 12.7 Å². The molecular weight excluding hydrogens is 452 g/mol. The molecule has 2 aliphatic rings. The molecule has 0 amide bonds. The first-order chi connectivity index (χ1) is 16.5. The van der Waals surface area contributed by atoms with Crippen molar-refractivity contribution in [3.63, 3.8) is 0 Å². The Bertz CT molecular complexity index is 735. The fourth-order valence-electron chi connectivity index (χ4n) is 7.10. The van der Waals surface area contributed by atoms with E-state index in [0.29, 0.717) is 25.7 Å². The molecule has 0 atom stereocenters. The van der Waals surface area contributed by atoms with Crippen molar-refractivity contribution in [2.24, 2.45) is 0 Å². The predicted molar refractivity (Wildman–Crippen MR) is 147 cm³/mol. The summed E-state index contributed by atoms with van der Waals surface area (Å²) in [5, 5.41) is 0. The molecular formula is C30H54N2O4. The molecule has 2 heterocycles. The number of carbonyl (C=O) groups excluding carboxylic acids is 2. The minimum absolute atomic E-state index is 0.00255. The van der Waals surface area contributed by atoms with Crippen molar-refractivity contribution in [1.82, 2.24) is 9.80 Å². The number of rotatable bonds is 11. The molecule has 0 N–H and O–H groups in total. The zero-order valence-corrected chi connectivity index (χ0v) is 24.7. The average Bonchev–Trinajstić information content (AvgIpc) is 2.69. The van der Waals surface area contributed by atoms with Gasteiger partial charge in [0.15, 0.2) is 0 Å². The highest BCUT2D eigenvalue weighted by Gasteiger charge is 2.47. The van der Waals surface area contributed by atoms with Crippen LogP contribution in [0.2, 0.25) is 0 Å². The first kappa shape index (κ1) is 30.8. The van der Waals surface area contributed by atoms with Crippen molar-refractivity contribution in [3.8, 4) is 0 Å². The molecule has 0 aromatic rings. The van der Waals surface area contributed by atoms with Crippen LogP contribution in [0.5, 0.6) is 0 Å². The van der Waals surface area contributed by atoms with Crippen molar-refractivity contribution < 1.29 is 19.1 Å². The Kier molecular flexibility index (Phi) is 10.3. The Morgan fingerprint density at radius 1 is 0.750 bits per heavy atom. The highest BCUT2D eigenvalue weighted by molar-refractivity contribution is 5.71. The second kappa shape index (κ2) is 12.0. The number of piperidine rings is 2. The average molecular weight is 507 g/mol. The molecule has 2 rings (SSSR count). The third kappa shape index (κ3) is 8.05. The van der Waals surface area contributed by atoms with E-state index in [-0.39, 0.29) is 46.3 Å². The van der Waals surface area contributed by atoms with Crippen LogP contribution in [0.25, 0.3) is 0 Å². The second-order valence-electron chi connectivity index (χ2n) is 13.5. The van der Waals surface area contributed by atoms with Crippen LogP contribution in [-0.4, -0.2) is 69.2 Å². The van der Waals surface area contributed by atoms with Gasteiger partial charge in [-0.15, -0.1) is 6.58 Å². The molecule has 36 heavy (non-hydrogen) atoms. The Morgan fingerprint density at radius 3 is 1.44 bits per heavy atom. The van der Waals surface area contributed by atoms with Gasteiger partial charge in [-0.25, -0.2) is 0 Å². The first-order valence-electron chi connectivity index (χ1n) is 14.1. The van der Waals surface area contributed by atoms with Crippen molar-refractivity contribution in [2.75, 3.05) is 13.1 Å². The molecule has 2 fully saturated rings. The normalized spacial score (nSPS) is 24.2. The highest BCUT2D eigenvalue weighted by atomic mass is 16.5. The minimum Gasteiger partial charge on any atom is -0.462 e. The monoisotopic (exact) mass is 506 g/mol. The van der Waals surface area contributed by atoms with Crippen LogP contribution in [0.3, 0.4) is 0 Å². The third-order valence-corrected chi connectivity index (χ3v) is 8.20. The summed E-state index contributed by atoms with van der Waals surface area (Å²) in [5.41, 5.74) is -0.143. The molecule has 0 radical (unpaired) electrons. The van der Waals surface area contributed by atoms with E-state index in [1.165, 1.54) is 0 Å². The van der Waals surface area contributed by atoms with Crippen LogP contribution < -0.4 is 0 Å². The van der Waals surface area contributed by atoms with Crippen molar-refractivity contribution >= 4 is 11.9 Å². The lowest BCUT2D eigenvalue weighted by Gasteiger charge is -2.55. The van der Waals surface area contributed by atoms with Gasteiger partial charge in [0, 0.05) is 67.2 Å². The van der Waals surface area contributed by atoms with E-state index in [9.17, 15) is 9.59 Å². The van der Waals surface area contributed by atoms with Crippen molar-refractivity contribution in [2.45, 2.75) is 154 Å². The molecule has 0 spiro atoms. The molecule has 2 saturated heterocycles. The van der Waals surface area contributed by atoms with Gasteiger partial charge in [-0.1, -0.05) is 13.0 Å². The van der Waals surface area contributed by atoms with Crippen LogP contribution >= 0.6 is 0 Å². The fourth-order valence-corrected chi connectivity index (χ4v) is 7.10. The zero-order chi connectivity index (χ0) is 27.4. The lowest BCUT2D eigenvalue weighted by molar-refractivity contribution is -0.162. The van der Waals surface area contributed by atoms with Gasteiger partial charge < -0.3 is 9.47 Å². The van der Waals surface area contributed by atoms with E-state index in [0.717, 1.165) is 45.2 Å². The Hall–Kier alpha value is -1.40. The first-order valence-corrected chi connectivity index (χ1v) is 14.1. The maximum Gasteiger partial charge on any atom is 0.306 e. The van der Waals surface area contributed by atoms with Crippen LogP contribution in [0.1, 0.15) is 120 Å². The summed E-state index contributed by atoms with van der Waals surface area (Å²) in [5.74, 6) is -0.314. The van der Waals surface area contributed by atoms with Gasteiger partial charge in [-0.05, 0) is 81.2 Å². The topological polar surface area (TPSA) is 59.1 Å². The van der Waals surface area contributed by atoms with E-state index in [1.54, 1.807) is 0 Å². The number of carbonyl (C=O) groups is 2. The predicted octanol–water partition coefficient (Wildman–Crippen LogP) is 6.27. The third-order valence-electron chi connectivity index (χ3n) is 8.20. The second-order valence-corrected chi connectivity index (χ2v) is 13.5. The van der Waals surface area contributed by atoms with Crippen LogP contribution in [-0.2, 0) is 19.1 Å². The number of unbranched alkanes of at least 4 members (excludes halogenated alkanes) is 1. The molecule has 0 saturated carbocycles. The molecule has 0 bridgehead atoms. The molecule has 0 unspecified atom stereocenters. The van der Waals surface area contributed by atoms with Gasteiger partial charge in [0.05, 0.1) is 0 Å². The van der Waals surface area contributed by atoms with E-state index >= 15 is 0 Å². The summed E-state index contributed by atoms with van der Waals surface area (Å²) in [7, 11) is 0. The number of likely N-dealkylation sites (tertiary alicyclic amines) is 2. The zero-order valence-electron chi connectivity index (χ0n) is 24.7. The maximum atomic E-state index is 12.6. The Labute approximate surface area is 221 Å². The summed E-state index contributed by atoms with van der Waals surface area (Å²) in [6.45, 7) is 25.8. The minimum atomic E-state index is -0.163. The number of esters is 2. The quantitative estimate of drug-likeness (QED) is 0.187. The highest BCUT2D eigenvalue weighted by Crippen LogP contribution is 2.40. The molecule has 0 aromatic heterocycles. The van der Waals surface area contributed by atoms with E-state index in [2.05, 4.69) is 78.7 Å². The number of nitrogens with zero attached hydrogens (tertiary/aromatic N) is 2. The Morgan fingerprint density at radius 2 is 1.11 bits per heavy atom. The number of hydrogen-bond acceptors (Lipinski definition) is 6. The molecule has 208 valence electrons. The molecule has 0 aliphatic carbocycles. The molecule has 6 nitrogen and oxygen atoms in total. The summed E-state index contributed by atoms with van der Waals surface area (Å²) in [6.07, 6.45) is 8.23. The molecule has 0 aromatic carbocycles.